The average Bonchev–Trinajstić information content (AvgIpc) is 2.05. The number of benzene rings is 1. The molecule has 54 valence electrons. The van der Waals surface area contributed by atoms with Gasteiger partial charge in [0.1, 0.15) is 0 Å². The molecule has 0 unspecified atom stereocenters. The first kappa shape index (κ1) is 8.42. The molecular formula is C9H7NW. The molecule has 0 amide bonds. The van der Waals surface area contributed by atoms with Gasteiger partial charge in [0.15, 0.2) is 0 Å². The molecule has 0 atom stereocenters. The molecule has 0 fully saturated rings. The van der Waals surface area contributed by atoms with E-state index in [9.17, 15) is 0 Å². The molecule has 0 N–H and O–H groups in total. The number of nitrogens with zero attached hydrogens (tertiary/aromatic N) is 1. The second-order valence-electron chi connectivity index (χ2n) is 2.20. The van der Waals surface area contributed by atoms with Crippen molar-refractivity contribution in [2.75, 3.05) is 0 Å². The van der Waals surface area contributed by atoms with E-state index in [0.717, 1.165) is 5.52 Å². The topological polar surface area (TPSA) is 12.9 Å². The Morgan fingerprint density at radius 3 is 2.45 bits per heavy atom. The van der Waals surface area contributed by atoms with E-state index in [2.05, 4.69) is 17.1 Å². The first-order chi connectivity index (χ1) is 4.97. The van der Waals surface area contributed by atoms with Crippen molar-refractivity contribution in [2.24, 2.45) is 0 Å². The van der Waals surface area contributed by atoms with Gasteiger partial charge in [-0.25, -0.2) is 0 Å². The number of hydrogen-bond donors (Lipinski definition) is 0. The summed E-state index contributed by atoms with van der Waals surface area (Å²) in [5, 5.41) is 1.20. The fourth-order valence-corrected chi connectivity index (χ4v) is 1.02. The fourth-order valence-electron chi connectivity index (χ4n) is 1.02. The molecule has 1 aromatic carbocycles. The summed E-state index contributed by atoms with van der Waals surface area (Å²) < 4.78 is 0. The van der Waals surface area contributed by atoms with Crippen LogP contribution in [0.1, 0.15) is 0 Å². The maximum absolute atomic E-state index is 4.18. The zero-order valence-corrected chi connectivity index (χ0v) is 8.83. The van der Waals surface area contributed by atoms with E-state index in [4.69, 9.17) is 0 Å². The number of rotatable bonds is 0. The van der Waals surface area contributed by atoms with E-state index in [1.165, 1.54) is 5.39 Å². The van der Waals surface area contributed by atoms with Crippen molar-refractivity contribution >= 4 is 10.9 Å². The standard InChI is InChI=1S/C9H7N.W/c1-2-6-9-8(4-1)5-3-7-10-9;/h1-7H;. The molecule has 2 rings (SSSR count). The van der Waals surface area contributed by atoms with Gasteiger partial charge in [0.05, 0.1) is 5.52 Å². The first-order valence-electron chi connectivity index (χ1n) is 3.26. The van der Waals surface area contributed by atoms with Crippen LogP contribution in [0.3, 0.4) is 0 Å². The molecule has 1 nitrogen and oxygen atoms in total. The molecule has 0 aliphatic carbocycles. The minimum Gasteiger partial charge on any atom is -0.256 e. The van der Waals surface area contributed by atoms with E-state index in [0.29, 0.717) is 0 Å². The van der Waals surface area contributed by atoms with Gasteiger partial charge < -0.3 is 0 Å². The Bertz CT molecular complexity index is 281. The zero-order valence-electron chi connectivity index (χ0n) is 5.90. The molecule has 11 heavy (non-hydrogen) atoms. The predicted octanol–water partition coefficient (Wildman–Crippen LogP) is 2.23. The Labute approximate surface area is 79.7 Å². The molecule has 0 radical (unpaired) electrons. The summed E-state index contributed by atoms with van der Waals surface area (Å²) in [7, 11) is 0. The zero-order chi connectivity index (χ0) is 6.81. The van der Waals surface area contributed by atoms with Gasteiger partial charge in [-0.1, -0.05) is 24.3 Å². The Balaban J connectivity index is 0.000000605. The Kier molecular flexibility index (Phi) is 2.78. The second kappa shape index (κ2) is 3.64. The van der Waals surface area contributed by atoms with Gasteiger partial charge in [0, 0.05) is 32.6 Å². The Hall–Kier alpha value is -0.682. The molecule has 0 aliphatic rings. The monoisotopic (exact) mass is 313 g/mol. The molecule has 0 saturated heterocycles. The van der Waals surface area contributed by atoms with Crippen LogP contribution in [0.15, 0.2) is 42.6 Å². The molecule has 1 aromatic heterocycles. The van der Waals surface area contributed by atoms with Gasteiger partial charge >= 0.3 is 0 Å². The second-order valence-corrected chi connectivity index (χ2v) is 2.20. The van der Waals surface area contributed by atoms with E-state index in [-0.39, 0.29) is 21.1 Å². The van der Waals surface area contributed by atoms with E-state index < -0.39 is 0 Å². The number of pyridine rings is 1. The third-order valence-corrected chi connectivity index (χ3v) is 1.51. The molecule has 1 heterocycles. The van der Waals surface area contributed by atoms with E-state index in [1.54, 1.807) is 0 Å². The predicted molar refractivity (Wildman–Crippen MR) is 41.7 cm³/mol. The van der Waals surface area contributed by atoms with E-state index >= 15 is 0 Å². The minimum atomic E-state index is 0. The molecule has 0 saturated carbocycles. The Morgan fingerprint density at radius 2 is 1.64 bits per heavy atom. The largest absolute Gasteiger partial charge is 0.256 e. The molecule has 0 aliphatic heterocycles. The van der Waals surface area contributed by atoms with Crippen LogP contribution in [0.4, 0.5) is 0 Å². The van der Waals surface area contributed by atoms with Crippen LogP contribution < -0.4 is 0 Å². The summed E-state index contributed by atoms with van der Waals surface area (Å²) in [5.41, 5.74) is 1.06. The maximum Gasteiger partial charge on any atom is 0.0701 e. The number of hydrogen-bond acceptors (Lipinski definition) is 1. The van der Waals surface area contributed by atoms with Crippen molar-refractivity contribution in [1.29, 1.82) is 0 Å². The summed E-state index contributed by atoms with van der Waals surface area (Å²) in [4.78, 5) is 4.18. The first-order valence-corrected chi connectivity index (χ1v) is 3.26. The van der Waals surface area contributed by atoms with Crippen LogP contribution in [0, 0.1) is 0 Å². The SMILES string of the molecule is [W].c1ccc2ncccc2c1. The van der Waals surface area contributed by atoms with Crippen LogP contribution in [-0.4, -0.2) is 4.98 Å². The van der Waals surface area contributed by atoms with Crippen molar-refractivity contribution in [3.8, 4) is 0 Å². The van der Waals surface area contributed by atoms with Crippen LogP contribution in [0.25, 0.3) is 10.9 Å². The average molecular weight is 313 g/mol. The summed E-state index contributed by atoms with van der Waals surface area (Å²) in [6.45, 7) is 0. The Morgan fingerprint density at radius 1 is 0.909 bits per heavy atom. The van der Waals surface area contributed by atoms with Crippen molar-refractivity contribution in [3.05, 3.63) is 42.6 Å². The van der Waals surface area contributed by atoms with Crippen LogP contribution >= 0.6 is 0 Å². The molecule has 0 bridgehead atoms. The third-order valence-electron chi connectivity index (χ3n) is 1.51. The summed E-state index contributed by atoms with van der Waals surface area (Å²) in [6, 6.07) is 12.1. The minimum absolute atomic E-state index is 0. The van der Waals surface area contributed by atoms with Crippen LogP contribution in [0.2, 0.25) is 0 Å². The number of aromatic nitrogens is 1. The molecular weight excluding hydrogens is 306 g/mol. The quantitative estimate of drug-likeness (QED) is 0.727. The molecule has 2 aromatic rings. The van der Waals surface area contributed by atoms with Gasteiger partial charge in [0.25, 0.3) is 0 Å². The van der Waals surface area contributed by atoms with Crippen molar-refractivity contribution < 1.29 is 21.1 Å². The van der Waals surface area contributed by atoms with Crippen molar-refractivity contribution in [1.82, 2.24) is 4.98 Å². The van der Waals surface area contributed by atoms with Crippen molar-refractivity contribution in [2.45, 2.75) is 0 Å². The van der Waals surface area contributed by atoms with Crippen LogP contribution in [0.5, 0.6) is 0 Å². The van der Waals surface area contributed by atoms with Gasteiger partial charge in [-0.15, -0.1) is 0 Å². The summed E-state index contributed by atoms with van der Waals surface area (Å²) in [5.74, 6) is 0. The van der Waals surface area contributed by atoms with Crippen molar-refractivity contribution in [3.63, 3.8) is 0 Å². The number of para-hydroxylation sites is 1. The normalized spacial score (nSPS) is 9.09. The van der Waals surface area contributed by atoms with Gasteiger partial charge in [-0.05, 0) is 12.1 Å². The van der Waals surface area contributed by atoms with Gasteiger partial charge in [0.2, 0.25) is 0 Å². The smallest absolute Gasteiger partial charge is 0.0701 e. The van der Waals surface area contributed by atoms with E-state index in [1.807, 2.05) is 30.5 Å². The summed E-state index contributed by atoms with van der Waals surface area (Å²) in [6.07, 6.45) is 1.81. The molecule has 2 heteroatoms. The van der Waals surface area contributed by atoms with Gasteiger partial charge in [-0.3, -0.25) is 4.98 Å². The fraction of sp³-hybridized carbons (Fsp3) is 0. The molecule has 0 spiro atoms. The summed E-state index contributed by atoms with van der Waals surface area (Å²) >= 11 is 0. The van der Waals surface area contributed by atoms with Crippen LogP contribution in [-0.2, 0) is 21.1 Å². The van der Waals surface area contributed by atoms with Gasteiger partial charge in [-0.2, -0.15) is 0 Å². The number of fused-ring (bicyclic) bond motifs is 1. The third kappa shape index (κ3) is 1.66. The maximum atomic E-state index is 4.18.